The number of hydrogen-bond donors (Lipinski definition) is 1. The Labute approximate surface area is 117 Å². The van der Waals surface area contributed by atoms with Crippen LogP contribution in [-0.4, -0.2) is 42.1 Å². The molecule has 0 bridgehead atoms. The lowest BCUT2D eigenvalue weighted by atomic mass is 9.95. The van der Waals surface area contributed by atoms with Crippen molar-refractivity contribution in [3.63, 3.8) is 0 Å². The molecule has 1 saturated heterocycles. The van der Waals surface area contributed by atoms with Crippen LogP contribution in [0.25, 0.3) is 0 Å². The quantitative estimate of drug-likeness (QED) is 0.806. The molecule has 0 aliphatic carbocycles. The van der Waals surface area contributed by atoms with E-state index in [9.17, 15) is 4.79 Å². The first kappa shape index (κ1) is 16.4. The minimum absolute atomic E-state index is 0.122. The molecule has 0 aromatic heterocycles. The number of carbonyl (C=O) groups excluding carboxylic acids is 1. The van der Waals surface area contributed by atoms with Crippen LogP contribution in [0.3, 0.4) is 0 Å². The lowest BCUT2D eigenvalue weighted by molar-refractivity contribution is -0.143. The molecule has 1 amide bonds. The summed E-state index contributed by atoms with van der Waals surface area (Å²) in [5.74, 6) is 0.122. The number of ether oxygens (including phenoxy) is 1. The topological polar surface area (TPSA) is 55.6 Å². The normalized spacial score (nSPS) is 19.1. The van der Waals surface area contributed by atoms with Gasteiger partial charge >= 0.3 is 0 Å². The maximum atomic E-state index is 12.3. The van der Waals surface area contributed by atoms with Gasteiger partial charge < -0.3 is 15.4 Å². The molecule has 1 atom stereocenters. The van der Waals surface area contributed by atoms with Crippen molar-refractivity contribution in [2.24, 2.45) is 5.73 Å². The van der Waals surface area contributed by atoms with Gasteiger partial charge in [0, 0.05) is 18.6 Å². The average Bonchev–Trinajstić information content (AvgIpc) is 2.72. The molecule has 0 aromatic rings. The maximum Gasteiger partial charge on any atom is 0.251 e. The predicted molar refractivity (Wildman–Crippen MR) is 78.0 cm³/mol. The van der Waals surface area contributed by atoms with E-state index in [0.717, 1.165) is 38.8 Å². The van der Waals surface area contributed by atoms with Crippen LogP contribution >= 0.6 is 0 Å². The van der Waals surface area contributed by atoms with Gasteiger partial charge in [0.15, 0.2) is 0 Å². The Morgan fingerprint density at radius 3 is 2.21 bits per heavy atom. The molecule has 0 aromatic carbocycles. The highest BCUT2D eigenvalue weighted by molar-refractivity contribution is 5.80. The Morgan fingerprint density at radius 1 is 1.21 bits per heavy atom. The molecule has 1 aliphatic heterocycles. The Morgan fingerprint density at radius 2 is 1.74 bits per heavy atom. The van der Waals surface area contributed by atoms with E-state index in [2.05, 4.69) is 13.8 Å². The minimum atomic E-state index is -0.376. The van der Waals surface area contributed by atoms with Crippen molar-refractivity contribution in [2.75, 3.05) is 19.7 Å². The number of nitrogens with zero attached hydrogens (tertiary/aromatic N) is 1. The third-order valence-electron chi connectivity index (χ3n) is 4.29. The van der Waals surface area contributed by atoms with E-state index in [1.165, 1.54) is 12.8 Å². The molecule has 1 unspecified atom stereocenters. The molecule has 0 saturated carbocycles. The molecule has 1 heterocycles. The lowest BCUT2D eigenvalue weighted by Crippen LogP contribution is -2.46. The summed E-state index contributed by atoms with van der Waals surface area (Å²) >= 11 is 0. The first-order valence-electron chi connectivity index (χ1n) is 7.71. The fourth-order valence-electron chi connectivity index (χ4n) is 2.36. The summed E-state index contributed by atoms with van der Waals surface area (Å²) in [5, 5.41) is 0. The molecule has 2 N–H and O–H groups in total. The molecule has 0 radical (unpaired) electrons. The summed E-state index contributed by atoms with van der Waals surface area (Å²) in [6, 6.07) is 0. The zero-order valence-corrected chi connectivity index (χ0v) is 12.8. The molecule has 4 nitrogen and oxygen atoms in total. The van der Waals surface area contributed by atoms with Crippen LogP contribution in [0.1, 0.15) is 59.3 Å². The van der Waals surface area contributed by atoms with Gasteiger partial charge in [0.25, 0.3) is 5.91 Å². The summed E-state index contributed by atoms with van der Waals surface area (Å²) in [4.78, 5) is 14.3. The Balaban J connectivity index is 2.43. The van der Waals surface area contributed by atoms with Crippen LogP contribution in [0.2, 0.25) is 0 Å². The summed E-state index contributed by atoms with van der Waals surface area (Å²) in [5.41, 5.74) is 5.90. The number of nitrogens with two attached hydrogens (primary N) is 1. The van der Waals surface area contributed by atoms with E-state index in [1.807, 2.05) is 11.8 Å². The van der Waals surface area contributed by atoms with Gasteiger partial charge in [-0.15, -0.1) is 0 Å². The summed E-state index contributed by atoms with van der Waals surface area (Å²) in [6.45, 7) is 8.19. The molecular weight excluding hydrogens is 240 g/mol. The maximum absolute atomic E-state index is 12.3. The van der Waals surface area contributed by atoms with Crippen LogP contribution in [0, 0.1) is 0 Å². The second-order valence-corrected chi connectivity index (χ2v) is 5.76. The summed E-state index contributed by atoms with van der Waals surface area (Å²) in [6.07, 6.45) is 6.06. The van der Waals surface area contributed by atoms with E-state index >= 15 is 0 Å². The molecule has 1 rings (SSSR count). The van der Waals surface area contributed by atoms with Crippen LogP contribution in [-0.2, 0) is 9.53 Å². The molecule has 0 spiro atoms. The van der Waals surface area contributed by atoms with Crippen molar-refractivity contribution >= 4 is 5.91 Å². The highest BCUT2D eigenvalue weighted by atomic mass is 16.5. The largest absolute Gasteiger partial charge is 0.367 e. The molecular formula is C15H30N2O2. The van der Waals surface area contributed by atoms with Gasteiger partial charge in [-0.1, -0.05) is 26.7 Å². The monoisotopic (exact) mass is 270 g/mol. The third-order valence-corrected chi connectivity index (χ3v) is 4.29. The zero-order chi connectivity index (χ0) is 14.3. The number of likely N-dealkylation sites (tertiary alicyclic amines) is 1. The first-order chi connectivity index (χ1) is 9.02. The van der Waals surface area contributed by atoms with Crippen molar-refractivity contribution < 1.29 is 9.53 Å². The van der Waals surface area contributed by atoms with Crippen molar-refractivity contribution in [1.29, 1.82) is 0 Å². The fourth-order valence-corrected chi connectivity index (χ4v) is 2.36. The number of hydrogen-bond acceptors (Lipinski definition) is 3. The summed E-state index contributed by atoms with van der Waals surface area (Å²) in [7, 11) is 0. The second kappa shape index (κ2) is 7.85. The summed E-state index contributed by atoms with van der Waals surface area (Å²) < 4.78 is 5.73. The molecule has 19 heavy (non-hydrogen) atoms. The van der Waals surface area contributed by atoms with E-state index in [0.29, 0.717) is 6.61 Å². The predicted octanol–water partition coefficient (Wildman–Crippen LogP) is 2.31. The van der Waals surface area contributed by atoms with Crippen LogP contribution in [0.15, 0.2) is 0 Å². The van der Waals surface area contributed by atoms with Gasteiger partial charge in [-0.2, -0.15) is 0 Å². The van der Waals surface area contributed by atoms with E-state index in [1.54, 1.807) is 0 Å². The number of carbonyl (C=O) groups is 1. The van der Waals surface area contributed by atoms with Crippen molar-refractivity contribution in [3.8, 4) is 0 Å². The van der Waals surface area contributed by atoms with Crippen molar-refractivity contribution in [2.45, 2.75) is 70.9 Å². The van der Waals surface area contributed by atoms with Gasteiger partial charge in [0.05, 0.1) is 6.61 Å². The Hall–Kier alpha value is -0.610. The molecule has 1 aliphatic rings. The van der Waals surface area contributed by atoms with E-state index in [-0.39, 0.29) is 17.6 Å². The third kappa shape index (κ3) is 5.11. The van der Waals surface area contributed by atoms with Gasteiger partial charge in [0.1, 0.15) is 6.10 Å². The van der Waals surface area contributed by atoms with E-state index in [4.69, 9.17) is 10.5 Å². The van der Waals surface area contributed by atoms with Crippen molar-refractivity contribution in [1.82, 2.24) is 4.90 Å². The highest BCUT2D eigenvalue weighted by Gasteiger charge is 2.26. The standard InChI is InChI=1S/C15H30N2O2/c1-4-15(16,5-2)12-19-13(3)14(18)17-10-8-6-7-9-11-17/h13H,4-12,16H2,1-3H3. The van der Waals surface area contributed by atoms with Gasteiger partial charge in [0.2, 0.25) is 0 Å². The first-order valence-corrected chi connectivity index (χ1v) is 7.71. The Bertz CT molecular complexity index is 269. The van der Waals surface area contributed by atoms with Crippen LogP contribution < -0.4 is 5.73 Å². The lowest BCUT2D eigenvalue weighted by Gasteiger charge is -2.30. The molecule has 112 valence electrons. The SMILES string of the molecule is CCC(N)(CC)COC(C)C(=O)N1CCCCCC1. The second-order valence-electron chi connectivity index (χ2n) is 5.76. The minimum Gasteiger partial charge on any atom is -0.367 e. The Kier molecular flexibility index (Phi) is 6.80. The average molecular weight is 270 g/mol. The van der Waals surface area contributed by atoms with Gasteiger partial charge in [-0.25, -0.2) is 0 Å². The van der Waals surface area contributed by atoms with Crippen LogP contribution in [0.5, 0.6) is 0 Å². The highest BCUT2D eigenvalue weighted by Crippen LogP contribution is 2.15. The number of amides is 1. The number of rotatable bonds is 6. The van der Waals surface area contributed by atoms with Gasteiger partial charge in [-0.05, 0) is 32.6 Å². The van der Waals surface area contributed by atoms with Gasteiger partial charge in [-0.3, -0.25) is 4.79 Å². The smallest absolute Gasteiger partial charge is 0.251 e. The zero-order valence-electron chi connectivity index (χ0n) is 12.8. The fraction of sp³-hybridized carbons (Fsp3) is 0.933. The van der Waals surface area contributed by atoms with Crippen LogP contribution in [0.4, 0.5) is 0 Å². The molecule has 1 fully saturated rings. The molecule has 4 heteroatoms. The van der Waals surface area contributed by atoms with E-state index < -0.39 is 0 Å². The van der Waals surface area contributed by atoms with Crippen molar-refractivity contribution in [3.05, 3.63) is 0 Å².